The maximum absolute atomic E-state index is 11.2. The Bertz CT molecular complexity index is 463. The van der Waals surface area contributed by atoms with Crippen LogP contribution in [0.15, 0.2) is 27.5 Å². The van der Waals surface area contributed by atoms with Gasteiger partial charge >= 0.3 is 5.97 Å². The van der Waals surface area contributed by atoms with Crippen molar-refractivity contribution in [1.29, 1.82) is 0 Å². The van der Waals surface area contributed by atoms with E-state index in [0.29, 0.717) is 0 Å². The Morgan fingerprint density at radius 3 is 2.73 bits per heavy atom. The topological polar surface area (TPSA) is 72.2 Å². The van der Waals surface area contributed by atoms with E-state index in [4.69, 9.17) is 28.3 Å². The van der Waals surface area contributed by atoms with E-state index in [2.05, 4.69) is 5.10 Å². The van der Waals surface area contributed by atoms with E-state index in [-0.39, 0.29) is 16.7 Å². The van der Waals surface area contributed by atoms with Gasteiger partial charge in [-0.2, -0.15) is 5.10 Å². The summed E-state index contributed by atoms with van der Waals surface area (Å²) in [6.45, 7) is 0.0300. The van der Waals surface area contributed by atoms with Gasteiger partial charge < -0.3 is 5.11 Å². The van der Waals surface area contributed by atoms with Crippen LogP contribution in [0, 0.1) is 0 Å². The molecule has 1 aromatic heterocycles. The van der Waals surface area contributed by atoms with Crippen LogP contribution in [-0.2, 0) is 6.54 Å². The van der Waals surface area contributed by atoms with Gasteiger partial charge in [0.2, 0.25) is 0 Å². The SMILES string of the molecule is O=C(O)c1ccc(=O)n(CC=C(Cl)Cl)n1. The zero-order valence-corrected chi connectivity index (χ0v) is 8.87. The van der Waals surface area contributed by atoms with Crippen LogP contribution in [0.5, 0.6) is 0 Å². The molecule has 0 radical (unpaired) electrons. The summed E-state index contributed by atoms with van der Waals surface area (Å²) in [4.78, 5) is 21.8. The highest BCUT2D eigenvalue weighted by molar-refractivity contribution is 6.55. The molecular formula is C8H6Cl2N2O3. The number of carboxylic acids is 1. The fraction of sp³-hybridized carbons (Fsp3) is 0.125. The molecule has 0 aliphatic carbocycles. The molecule has 0 atom stereocenters. The molecule has 1 rings (SSSR count). The average Bonchev–Trinajstić information content (AvgIpc) is 2.16. The number of hydrogen-bond donors (Lipinski definition) is 1. The molecule has 0 fully saturated rings. The Morgan fingerprint density at radius 2 is 2.20 bits per heavy atom. The molecule has 0 aromatic carbocycles. The van der Waals surface area contributed by atoms with Crippen LogP contribution in [0.25, 0.3) is 0 Å². The highest BCUT2D eigenvalue weighted by Gasteiger charge is 2.06. The number of carboxylic acid groups (broad SMARTS) is 1. The van der Waals surface area contributed by atoms with Crippen molar-refractivity contribution >= 4 is 29.2 Å². The van der Waals surface area contributed by atoms with Crippen molar-refractivity contribution in [3.63, 3.8) is 0 Å². The van der Waals surface area contributed by atoms with E-state index < -0.39 is 11.5 Å². The van der Waals surface area contributed by atoms with E-state index in [9.17, 15) is 9.59 Å². The third kappa shape index (κ3) is 3.38. The molecule has 0 aliphatic heterocycles. The summed E-state index contributed by atoms with van der Waals surface area (Å²) in [5.74, 6) is -1.20. The second-order valence-electron chi connectivity index (χ2n) is 2.54. The number of allylic oxidation sites excluding steroid dienone is 1. The molecule has 15 heavy (non-hydrogen) atoms. The van der Waals surface area contributed by atoms with Crippen molar-refractivity contribution in [1.82, 2.24) is 9.78 Å². The maximum Gasteiger partial charge on any atom is 0.356 e. The van der Waals surface area contributed by atoms with E-state index in [1.54, 1.807) is 0 Å². The van der Waals surface area contributed by atoms with Gasteiger partial charge in [-0.15, -0.1) is 0 Å². The van der Waals surface area contributed by atoms with E-state index in [1.165, 1.54) is 6.08 Å². The molecule has 1 aromatic rings. The first-order chi connectivity index (χ1) is 7.00. The van der Waals surface area contributed by atoms with Crippen LogP contribution in [0.3, 0.4) is 0 Å². The van der Waals surface area contributed by atoms with Crippen molar-refractivity contribution < 1.29 is 9.90 Å². The van der Waals surface area contributed by atoms with Crippen molar-refractivity contribution in [3.05, 3.63) is 38.7 Å². The van der Waals surface area contributed by atoms with Crippen molar-refractivity contribution in [2.45, 2.75) is 6.54 Å². The zero-order valence-electron chi connectivity index (χ0n) is 7.35. The monoisotopic (exact) mass is 248 g/mol. The second kappa shape index (κ2) is 4.95. The lowest BCUT2D eigenvalue weighted by Crippen LogP contribution is -2.23. The van der Waals surface area contributed by atoms with Gasteiger partial charge in [0.05, 0.1) is 6.54 Å². The maximum atomic E-state index is 11.2. The molecule has 7 heteroatoms. The predicted octanol–water partition coefficient (Wildman–Crippen LogP) is 1.26. The van der Waals surface area contributed by atoms with Crippen LogP contribution >= 0.6 is 23.2 Å². The average molecular weight is 249 g/mol. The Balaban J connectivity index is 3.06. The number of hydrogen-bond acceptors (Lipinski definition) is 3. The van der Waals surface area contributed by atoms with Crippen molar-refractivity contribution in [2.75, 3.05) is 0 Å². The predicted molar refractivity (Wildman–Crippen MR) is 55.2 cm³/mol. The largest absolute Gasteiger partial charge is 0.476 e. The minimum absolute atomic E-state index is 0.00979. The van der Waals surface area contributed by atoms with Gasteiger partial charge in [0, 0.05) is 6.07 Å². The van der Waals surface area contributed by atoms with Crippen LogP contribution in [0.4, 0.5) is 0 Å². The molecule has 1 N–H and O–H groups in total. The van der Waals surface area contributed by atoms with Crippen LogP contribution < -0.4 is 5.56 Å². The summed E-state index contributed by atoms with van der Waals surface area (Å²) in [7, 11) is 0. The zero-order chi connectivity index (χ0) is 11.4. The summed E-state index contributed by atoms with van der Waals surface area (Å²) in [6.07, 6.45) is 1.34. The molecule has 0 amide bonds. The first kappa shape index (κ1) is 11.7. The standard InChI is InChI=1S/C8H6Cl2N2O3/c9-6(10)3-4-12-7(13)2-1-5(11-12)8(14)15/h1-3H,4H2,(H,14,15). The Labute approximate surface area is 94.5 Å². The van der Waals surface area contributed by atoms with Gasteiger partial charge in [-0.25, -0.2) is 9.48 Å². The van der Waals surface area contributed by atoms with Crippen molar-refractivity contribution in [3.8, 4) is 0 Å². The third-order valence-electron chi connectivity index (χ3n) is 1.50. The number of aromatic carboxylic acids is 1. The molecule has 0 aliphatic rings. The summed E-state index contributed by atoms with van der Waals surface area (Å²) in [5.41, 5.74) is -0.639. The lowest BCUT2D eigenvalue weighted by atomic mass is 10.4. The van der Waals surface area contributed by atoms with Crippen molar-refractivity contribution in [2.24, 2.45) is 0 Å². The number of aromatic nitrogens is 2. The van der Waals surface area contributed by atoms with Crippen LogP contribution in [0.2, 0.25) is 0 Å². The highest BCUT2D eigenvalue weighted by Crippen LogP contribution is 2.05. The number of carbonyl (C=O) groups is 1. The fourth-order valence-electron chi connectivity index (χ4n) is 0.849. The summed E-state index contributed by atoms with van der Waals surface area (Å²) in [5, 5.41) is 12.2. The smallest absolute Gasteiger partial charge is 0.356 e. The lowest BCUT2D eigenvalue weighted by molar-refractivity contribution is 0.0687. The number of rotatable bonds is 3. The van der Waals surface area contributed by atoms with Gasteiger partial charge in [-0.1, -0.05) is 23.2 Å². The summed E-state index contributed by atoms with van der Waals surface area (Å²) < 4.78 is 0.943. The van der Waals surface area contributed by atoms with E-state index in [0.717, 1.165) is 16.8 Å². The van der Waals surface area contributed by atoms with Crippen LogP contribution in [-0.4, -0.2) is 20.9 Å². The minimum Gasteiger partial charge on any atom is -0.476 e. The highest BCUT2D eigenvalue weighted by atomic mass is 35.5. The molecule has 0 saturated carbocycles. The molecule has 0 spiro atoms. The number of halogens is 2. The molecule has 0 bridgehead atoms. The Hall–Kier alpha value is -1.33. The summed E-state index contributed by atoms with van der Waals surface area (Å²) >= 11 is 10.7. The van der Waals surface area contributed by atoms with Crippen LogP contribution in [0.1, 0.15) is 10.5 Å². The molecule has 0 unspecified atom stereocenters. The van der Waals surface area contributed by atoms with Gasteiger partial charge in [0.15, 0.2) is 5.69 Å². The Morgan fingerprint density at radius 1 is 1.53 bits per heavy atom. The van der Waals surface area contributed by atoms with E-state index in [1.807, 2.05) is 0 Å². The molecule has 0 saturated heterocycles. The molecule has 5 nitrogen and oxygen atoms in total. The lowest BCUT2D eigenvalue weighted by Gasteiger charge is -2.00. The normalized spacial score (nSPS) is 9.73. The van der Waals surface area contributed by atoms with Gasteiger partial charge in [-0.05, 0) is 12.1 Å². The quantitative estimate of drug-likeness (QED) is 0.875. The van der Waals surface area contributed by atoms with E-state index >= 15 is 0 Å². The Kier molecular flexibility index (Phi) is 3.88. The first-order valence-corrected chi connectivity index (χ1v) is 4.59. The van der Waals surface area contributed by atoms with Gasteiger partial charge in [0.25, 0.3) is 5.56 Å². The minimum atomic E-state index is -1.20. The van der Waals surface area contributed by atoms with Gasteiger partial charge in [0.1, 0.15) is 4.49 Å². The molecule has 80 valence electrons. The molecule has 1 heterocycles. The third-order valence-corrected chi connectivity index (χ3v) is 1.81. The number of nitrogens with zero attached hydrogens (tertiary/aromatic N) is 2. The second-order valence-corrected chi connectivity index (χ2v) is 3.55. The van der Waals surface area contributed by atoms with Gasteiger partial charge in [-0.3, -0.25) is 4.79 Å². The fourth-order valence-corrected chi connectivity index (χ4v) is 0.987. The first-order valence-electron chi connectivity index (χ1n) is 3.83. The summed E-state index contributed by atoms with van der Waals surface area (Å²) in [6, 6.07) is 2.25. The molecular weight excluding hydrogens is 243 g/mol.